The Morgan fingerprint density at radius 3 is 2.35 bits per heavy atom. The van der Waals surface area contributed by atoms with Crippen LogP contribution in [-0.4, -0.2) is 35.8 Å². The number of para-hydroxylation sites is 2. The van der Waals surface area contributed by atoms with Gasteiger partial charge in [0.1, 0.15) is 11.4 Å². The molecule has 3 amide bonds. The largest absolute Gasteiger partial charge is 0.306 e. The minimum Gasteiger partial charge on any atom is -0.306 e. The van der Waals surface area contributed by atoms with Crippen LogP contribution in [0.3, 0.4) is 0 Å². The van der Waals surface area contributed by atoms with Gasteiger partial charge in [-0.05, 0) is 54.3 Å². The van der Waals surface area contributed by atoms with Crippen LogP contribution < -0.4 is 15.1 Å². The molecule has 1 N–H and O–H groups in total. The van der Waals surface area contributed by atoms with Gasteiger partial charge in [0.25, 0.3) is 5.91 Å². The molecule has 2 fully saturated rings. The number of halogens is 1. The summed E-state index contributed by atoms with van der Waals surface area (Å²) in [7, 11) is 0. The van der Waals surface area contributed by atoms with Crippen LogP contribution in [0.5, 0.6) is 0 Å². The zero-order valence-corrected chi connectivity index (χ0v) is 21.1. The van der Waals surface area contributed by atoms with E-state index in [2.05, 4.69) is 5.32 Å². The molecule has 0 aromatic heterocycles. The molecule has 0 unspecified atom stereocenters. The summed E-state index contributed by atoms with van der Waals surface area (Å²) in [6.07, 6.45) is 2.65. The number of carbonyl (C=O) groups excluding carboxylic acids is 3. The zero-order chi connectivity index (χ0) is 25.7. The molecule has 0 aliphatic carbocycles. The zero-order valence-electron chi connectivity index (χ0n) is 20.3. The normalized spacial score (nSPS) is 26.3. The van der Waals surface area contributed by atoms with Crippen molar-refractivity contribution in [1.82, 2.24) is 5.32 Å². The van der Waals surface area contributed by atoms with E-state index in [1.807, 2.05) is 36.6 Å². The number of hydrogen-bond donors (Lipinski definition) is 1. The Kier molecular flexibility index (Phi) is 5.88. The van der Waals surface area contributed by atoms with Gasteiger partial charge in [0.05, 0.1) is 24.1 Å². The van der Waals surface area contributed by atoms with E-state index in [1.54, 1.807) is 53.1 Å². The molecule has 3 aromatic carbocycles. The van der Waals surface area contributed by atoms with Gasteiger partial charge in [-0.3, -0.25) is 19.7 Å². The summed E-state index contributed by atoms with van der Waals surface area (Å²) in [6.45, 7) is 0.233. The highest BCUT2D eigenvalue weighted by atomic mass is 32.2. The molecule has 37 heavy (non-hydrogen) atoms. The molecular weight excluding hydrogens is 489 g/mol. The molecule has 2 saturated heterocycles. The van der Waals surface area contributed by atoms with Crippen LogP contribution in [0.4, 0.5) is 15.8 Å². The maximum Gasteiger partial charge on any atom is 0.253 e. The molecule has 188 valence electrons. The number of nitrogens with zero attached hydrogens (tertiary/aromatic N) is 2. The van der Waals surface area contributed by atoms with E-state index in [1.165, 1.54) is 17.0 Å². The predicted molar refractivity (Wildman–Crippen MR) is 142 cm³/mol. The number of imide groups is 1. The Bertz CT molecular complexity index is 1380. The van der Waals surface area contributed by atoms with Crippen LogP contribution >= 0.6 is 11.8 Å². The molecule has 6 nitrogen and oxygen atoms in total. The van der Waals surface area contributed by atoms with E-state index < -0.39 is 17.4 Å². The summed E-state index contributed by atoms with van der Waals surface area (Å²) < 4.78 is 13.5. The lowest BCUT2D eigenvalue weighted by atomic mass is 9.76. The van der Waals surface area contributed by atoms with Crippen LogP contribution in [0.25, 0.3) is 0 Å². The van der Waals surface area contributed by atoms with Gasteiger partial charge in [0.15, 0.2) is 0 Å². The van der Waals surface area contributed by atoms with E-state index in [0.717, 1.165) is 11.3 Å². The van der Waals surface area contributed by atoms with Crippen LogP contribution in [0.2, 0.25) is 0 Å². The smallest absolute Gasteiger partial charge is 0.253 e. The van der Waals surface area contributed by atoms with E-state index in [-0.39, 0.29) is 36.1 Å². The van der Waals surface area contributed by atoms with Crippen LogP contribution in [0, 0.1) is 17.7 Å². The van der Waals surface area contributed by atoms with Gasteiger partial charge in [-0.25, -0.2) is 9.29 Å². The predicted octanol–water partition coefficient (Wildman–Crippen LogP) is 4.10. The van der Waals surface area contributed by atoms with Crippen molar-refractivity contribution in [2.75, 3.05) is 21.8 Å². The number of rotatable bonds is 6. The maximum atomic E-state index is 14.4. The molecule has 1 spiro atoms. The topological polar surface area (TPSA) is 69.7 Å². The molecule has 3 heterocycles. The minimum atomic E-state index is -1.35. The summed E-state index contributed by atoms with van der Waals surface area (Å²) in [6, 6.07) is 22.1. The second-order valence-electron chi connectivity index (χ2n) is 9.73. The number of nitrogens with one attached hydrogen (secondary N) is 1. The molecule has 4 atom stereocenters. The molecule has 0 bridgehead atoms. The van der Waals surface area contributed by atoms with E-state index in [9.17, 15) is 18.8 Å². The molecule has 3 aliphatic heterocycles. The number of hydrogen-bond acceptors (Lipinski definition) is 5. The molecular formula is C29H26FN3O3S. The lowest BCUT2D eigenvalue weighted by Gasteiger charge is -2.30. The summed E-state index contributed by atoms with van der Waals surface area (Å²) in [5.74, 6) is -1.94. The molecule has 6 rings (SSSR count). The van der Waals surface area contributed by atoms with Gasteiger partial charge in [-0.15, -0.1) is 0 Å². The quantitative estimate of drug-likeness (QED) is 0.501. The molecule has 3 aliphatic rings. The number of thioether (sulfide) groups is 1. The Hall–Kier alpha value is -3.49. The van der Waals surface area contributed by atoms with Gasteiger partial charge in [0.2, 0.25) is 11.8 Å². The van der Waals surface area contributed by atoms with Crippen LogP contribution in [0.15, 0.2) is 78.9 Å². The fourth-order valence-electron chi connectivity index (χ4n) is 6.20. The number of anilines is 2. The van der Waals surface area contributed by atoms with Gasteiger partial charge < -0.3 is 4.90 Å². The highest BCUT2D eigenvalue weighted by Crippen LogP contribution is 2.55. The highest BCUT2D eigenvalue weighted by Gasteiger charge is 2.71. The van der Waals surface area contributed by atoms with Gasteiger partial charge >= 0.3 is 0 Å². The van der Waals surface area contributed by atoms with Crippen molar-refractivity contribution >= 4 is 40.9 Å². The Labute approximate surface area is 218 Å². The minimum absolute atomic E-state index is 0.233. The molecule has 0 radical (unpaired) electrons. The first kappa shape index (κ1) is 23.9. The second kappa shape index (κ2) is 9.11. The Balaban J connectivity index is 1.47. The van der Waals surface area contributed by atoms with Gasteiger partial charge in [-0.2, -0.15) is 11.8 Å². The standard InChI is InChI=1S/C29H26FN3O3S/c1-37-16-15-22-24-25(27(35)33(26(24)34)20-7-3-2-4-8-20)29(31-22)21-9-5-6-10-23(21)32(28(29)36)17-18-11-13-19(30)14-12-18/h2-14,22,24-25,31H,15-17H2,1H3/t22-,24-,25+,29-/m0/s1. The van der Waals surface area contributed by atoms with Crippen molar-refractivity contribution in [3.8, 4) is 0 Å². The van der Waals surface area contributed by atoms with Crippen molar-refractivity contribution in [1.29, 1.82) is 0 Å². The van der Waals surface area contributed by atoms with Crippen molar-refractivity contribution in [2.45, 2.75) is 24.5 Å². The first-order valence-electron chi connectivity index (χ1n) is 12.3. The third-order valence-corrected chi connectivity index (χ3v) is 8.41. The first-order chi connectivity index (χ1) is 18.0. The van der Waals surface area contributed by atoms with Crippen molar-refractivity contribution in [2.24, 2.45) is 11.8 Å². The van der Waals surface area contributed by atoms with E-state index in [4.69, 9.17) is 0 Å². The Morgan fingerprint density at radius 1 is 0.919 bits per heavy atom. The van der Waals surface area contributed by atoms with Crippen molar-refractivity contribution in [3.63, 3.8) is 0 Å². The number of benzene rings is 3. The van der Waals surface area contributed by atoms with Crippen molar-refractivity contribution in [3.05, 3.63) is 95.8 Å². The second-order valence-corrected chi connectivity index (χ2v) is 10.7. The molecule has 0 saturated carbocycles. The third kappa shape index (κ3) is 3.54. The van der Waals surface area contributed by atoms with E-state index >= 15 is 0 Å². The lowest BCUT2D eigenvalue weighted by molar-refractivity contribution is -0.132. The van der Waals surface area contributed by atoms with Gasteiger partial charge in [0, 0.05) is 17.3 Å². The SMILES string of the molecule is CSCC[C@@H]1N[C@]2(C(=O)N(Cc3ccc(F)cc3)c3ccccc32)[C@H]2C(=O)N(c3ccccc3)C(=O)[C@@H]12. The summed E-state index contributed by atoms with van der Waals surface area (Å²) in [4.78, 5) is 45.3. The maximum absolute atomic E-state index is 14.4. The fourth-order valence-corrected chi connectivity index (χ4v) is 6.69. The fraction of sp³-hybridized carbons (Fsp3) is 0.276. The van der Waals surface area contributed by atoms with E-state index in [0.29, 0.717) is 23.4 Å². The highest BCUT2D eigenvalue weighted by molar-refractivity contribution is 7.98. The van der Waals surface area contributed by atoms with Crippen molar-refractivity contribution < 1.29 is 18.8 Å². The number of fused-ring (bicyclic) bond motifs is 4. The van der Waals surface area contributed by atoms with Crippen LogP contribution in [-0.2, 0) is 26.5 Å². The van der Waals surface area contributed by atoms with Gasteiger partial charge in [-0.1, -0.05) is 48.5 Å². The first-order valence-corrected chi connectivity index (χ1v) is 13.7. The summed E-state index contributed by atoms with van der Waals surface area (Å²) in [5, 5.41) is 3.53. The summed E-state index contributed by atoms with van der Waals surface area (Å²) >= 11 is 1.67. The molecule has 3 aromatic rings. The van der Waals surface area contributed by atoms with Crippen LogP contribution in [0.1, 0.15) is 17.5 Å². The monoisotopic (exact) mass is 515 g/mol. The average Bonchev–Trinajstić information content (AvgIpc) is 3.48. The summed E-state index contributed by atoms with van der Waals surface area (Å²) in [5.41, 5.74) is 1.36. The Morgan fingerprint density at radius 2 is 1.62 bits per heavy atom. The average molecular weight is 516 g/mol. The molecule has 8 heteroatoms. The number of carbonyl (C=O) groups is 3. The third-order valence-electron chi connectivity index (χ3n) is 7.77. The number of amides is 3. The lowest BCUT2D eigenvalue weighted by Crippen LogP contribution is -2.55.